The number of rotatable bonds is 7. The summed E-state index contributed by atoms with van der Waals surface area (Å²) in [6.07, 6.45) is 2.33. The monoisotopic (exact) mass is 509 g/mol. The number of aromatic amines is 1. The number of nitrogens with zero attached hydrogens (tertiary/aromatic N) is 1. The maximum absolute atomic E-state index is 14.3. The average Bonchev–Trinajstić information content (AvgIpc) is 3.57. The van der Waals surface area contributed by atoms with Gasteiger partial charge in [-0.2, -0.15) is 0 Å². The van der Waals surface area contributed by atoms with Crippen molar-refractivity contribution >= 4 is 38.7 Å². The molecule has 190 valence electrons. The number of furan rings is 1. The number of halogens is 1. The number of aliphatic hydroxyl groups is 1. The summed E-state index contributed by atoms with van der Waals surface area (Å²) in [5.74, 6) is 0.0622. The zero-order valence-electron chi connectivity index (χ0n) is 20.5. The standard InChI is InChI=1S/C30H24FN3O4/c1-37-20-9-10-26-22(13-20)23(14-27(34-26)28-12-17-5-4-7-24(31)29(17)38-28)30(36)33-19(16-35)11-18-15-32-25-8-3-2-6-21(18)25/h2-10,12-15,19,32,35H,11,16H2,1H3,(H,33,36)/t19-/m1/s1. The van der Waals surface area contributed by atoms with E-state index < -0.39 is 11.9 Å². The molecule has 0 unspecified atom stereocenters. The number of benzene rings is 3. The van der Waals surface area contributed by atoms with Crippen molar-refractivity contribution in [3.05, 3.63) is 95.9 Å². The van der Waals surface area contributed by atoms with Gasteiger partial charge in [0.1, 0.15) is 11.4 Å². The molecule has 3 heterocycles. The maximum Gasteiger partial charge on any atom is 0.252 e. The number of pyridine rings is 1. The minimum Gasteiger partial charge on any atom is -0.497 e. The van der Waals surface area contributed by atoms with E-state index in [9.17, 15) is 14.3 Å². The van der Waals surface area contributed by atoms with Gasteiger partial charge in [0.25, 0.3) is 5.91 Å². The lowest BCUT2D eigenvalue weighted by molar-refractivity contribution is 0.0918. The summed E-state index contributed by atoms with van der Waals surface area (Å²) in [5, 5.41) is 15.3. The molecule has 6 rings (SSSR count). The topological polar surface area (TPSA) is 100 Å². The van der Waals surface area contributed by atoms with Crippen LogP contribution in [0.2, 0.25) is 0 Å². The largest absolute Gasteiger partial charge is 0.497 e. The number of H-pyrrole nitrogens is 1. The predicted molar refractivity (Wildman–Crippen MR) is 144 cm³/mol. The van der Waals surface area contributed by atoms with E-state index in [0.717, 1.165) is 16.5 Å². The van der Waals surface area contributed by atoms with E-state index in [4.69, 9.17) is 9.15 Å². The van der Waals surface area contributed by atoms with Gasteiger partial charge in [-0.05, 0) is 54.4 Å². The minimum atomic E-state index is -0.528. The van der Waals surface area contributed by atoms with Crippen LogP contribution in [0.4, 0.5) is 4.39 Å². The molecule has 3 aromatic carbocycles. The van der Waals surface area contributed by atoms with Gasteiger partial charge >= 0.3 is 0 Å². The van der Waals surface area contributed by atoms with E-state index in [-0.39, 0.29) is 18.1 Å². The van der Waals surface area contributed by atoms with Crippen molar-refractivity contribution in [1.82, 2.24) is 15.3 Å². The number of hydrogen-bond donors (Lipinski definition) is 3. The van der Waals surface area contributed by atoms with Gasteiger partial charge in [-0.15, -0.1) is 0 Å². The molecule has 0 saturated carbocycles. The second-order valence-corrected chi connectivity index (χ2v) is 9.12. The Bertz CT molecular complexity index is 1810. The number of para-hydroxylation sites is 2. The van der Waals surface area contributed by atoms with Crippen molar-refractivity contribution in [2.75, 3.05) is 13.7 Å². The molecule has 1 atom stereocenters. The van der Waals surface area contributed by atoms with Gasteiger partial charge in [0.05, 0.1) is 30.8 Å². The molecule has 38 heavy (non-hydrogen) atoms. The van der Waals surface area contributed by atoms with Crippen molar-refractivity contribution in [2.24, 2.45) is 0 Å². The van der Waals surface area contributed by atoms with Crippen LogP contribution in [-0.2, 0) is 6.42 Å². The first kappa shape index (κ1) is 23.7. The van der Waals surface area contributed by atoms with E-state index in [1.165, 1.54) is 6.07 Å². The normalized spacial score (nSPS) is 12.3. The van der Waals surface area contributed by atoms with Crippen LogP contribution in [0.25, 0.3) is 44.2 Å². The second kappa shape index (κ2) is 9.64. The van der Waals surface area contributed by atoms with Crippen molar-refractivity contribution in [3.8, 4) is 17.2 Å². The summed E-state index contributed by atoms with van der Waals surface area (Å²) in [7, 11) is 1.55. The highest BCUT2D eigenvalue weighted by atomic mass is 19.1. The molecule has 0 fully saturated rings. The Morgan fingerprint density at radius 1 is 1.11 bits per heavy atom. The molecule has 3 aromatic heterocycles. The van der Waals surface area contributed by atoms with Gasteiger partial charge in [0.2, 0.25) is 0 Å². The van der Waals surface area contributed by atoms with E-state index in [1.54, 1.807) is 49.6 Å². The fraction of sp³-hybridized carbons (Fsp3) is 0.133. The molecule has 0 aliphatic heterocycles. The van der Waals surface area contributed by atoms with Crippen LogP contribution in [0.5, 0.6) is 5.75 Å². The number of hydrogen-bond acceptors (Lipinski definition) is 5. The van der Waals surface area contributed by atoms with Crippen LogP contribution in [0.3, 0.4) is 0 Å². The van der Waals surface area contributed by atoms with Crippen LogP contribution in [0.15, 0.2) is 83.4 Å². The molecule has 6 aromatic rings. The van der Waals surface area contributed by atoms with Gasteiger partial charge in [-0.25, -0.2) is 9.37 Å². The molecule has 0 radical (unpaired) electrons. The van der Waals surface area contributed by atoms with E-state index in [2.05, 4.69) is 15.3 Å². The van der Waals surface area contributed by atoms with Crippen molar-refractivity contribution < 1.29 is 23.4 Å². The third-order valence-electron chi connectivity index (χ3n) is 6.71. The number of carbonyl (C=O) groups is 1. The zero-order chi connectivity index (χ0) is 26.2. The van der Waals surface area contributed by atoms with Gasteiger partial charge in [0.15, 0.2) is 17.2 Å². The molecular formula is C30H24FN3O4. The molecular weight excluding hydrogens is 485 g/mol. The van der Waals surface area contributed by atoms with Crippen LogP contribution in [0.1, 0.15) is 15.9 Å². The van der Waals surface area contributed by atoms with Crippen LogP contribution >= 0.6 is 0 Å². The Morgan fingerprint density at radius 3 is 2.79 bits per heavy atom. The third-order valence-corrected chi connectivity index (χ3v) is 6.71. The van der Waals surface area contributed by atoms with Crippen LogP contribution in [0, 0.1) is 5.82 Å². The molecule has 1 amide bonds. The number of carbonyl (C=O) groups excluding carboxylic acids is 1. The Balaban J connectivity index is 1.39. The van der Waals surface area contributed by atoms with Gasteiger partial charge in [0, 0.05) is 27.9 Å². The molecule has 7 nitrogen and oxygen atoms in total. The molecule has 0 bridgehead atoms. The quantitative estimate of drug-likeness (QED) is 0.260. The Kier molecular flexibility index (Phi) is 6.01. The first-order valence-corrected chi connectivity index (χ1v) is 12.2. The fourth-order valence-electron chi connectivity index (χ4n) is 4.79. The number of ether oxygens (including phenoxy) is 1. The lowest BCUT2D eigenvalue weighted by atomic mass is 10.0. The molecule has 3 N–H and O–H groups in total. The Hall–Kier alpha value is -4.69. The SMILES string of the molecule is COc1ccc2nc(-c3cc4cccc(F)c4o3)cc(C(=O)N[C@@H](CO)Cc3c[nH]c4ccccc34)c2c1. The Morgan fingerprint density at radius 2 is 1.97 bits per heavy atom. The second-order valence-electron chi connectivity index (χ2n) is 9.12. The highest BCUT2D eigenvalue weighted by molar-refractivity contribution is 6.07. The fourth-order valence-corrected chi connectivity index (χ4v) is 4.79. The summed E-state index contributed by atoms with van der Waals surface area (Å²) in [6.45, 7) is -0.243. The number of fused-ring (bicyclic) bond motifs is 3. The van der Waals surface area contributed by atoms with Gasteiger partial charge in [-0.1, -0.05) is 30.3 Å². The summed E-state index contributed by atoms with van der Waals surface area (Å²) in [5.41, 5.74) is 3.38. The predicted octanol–water partition coefficient (Wildman–Crippen LogP) is 5.61. The van der Waals surface area contributed by atoms with Crippen molar-refractivity contribution in [2.45, 2.75) is 12.5 Å². The highest BCUT2D eigenvalue weighted by Gasteiger charge is 2.21. The zero-order valence-corrected chi connectivity index (χ0v) is 20.5. The molecule has 0 saturated heterocycles. The number of aliphatic hydroxyl groups excluding tert-OH is 1. The van der Waals surface area contributed by atoms with Crippen LogP contribution in [-0.4, -0.2) is 40.7 Å². The lowest BCUT2D eigenvalue weighted by Crippen LogP contribution is -2.39. The number of amides is 1. The van der Waals surface area contributed by atoms with E-state index in [1.807, 2.05) is 30.5 Å². The molecule has 0 spiro atoms. The first-order chi connectivity index (χ1) is 18.5. The van der Waals surface area contributed by atoms with Crippen molar-refractivity contribution in [1.29, 1.82) is 0 Å². The summed E-state index contributed by atoms with van der Waals surface area (Å²) >= 11 is 0. The van der Waals surface area contributed by atoms with E-state index in [0.29, 0.717) is 45.5 Å². The minimum absolute atomic E-state index is 0.129. The van der Waals surface area contributed by atoms with Crippen molar-refractivity contribution in [3.63, 3.8) is 0 Å². The first-order valence-electron chi connectivity index (χ1n) is 12.2. The number of aromatic nitrogens is 2. The Labute approximate surface area is 216 Å². The third kappa shape index (κ3) is 4.25. The average molecular weight is 510 g/mol. The van der Waals surface area contributed by atoms with E-state index >= 15 is 0 Å². The van der Waals surface area contributed by atoms with Crippen LogP contribution < -0.4 is 10.1 Å². The van der Waals surface area contributed by atoms with Gasteiger partial charge in [-0.3, -0.25) is 4.79 Å². The summed E-state index contributed by atoms with van der Waals surface area (Å²) in [6, 6.07) is 20.6. The molecule has 8 heteroatoms. The summed E-state index contributed by atoms with van der Waals surface area (Å²) in [4.78, 5) is 21.5. The lowest BCUT2D eigenvalue weighted by Gasteiger charge is -2.17. The number of nitrogens with one attached hydrogen (secondary N) is 2. The summed E-state index contributed by atoms with van der Waals surface area (Å²) < 4.78 is 25.4. The maximum atomic E-state index is 14.3. The molecule has 0 aliphatic rings. The number of methoxy groups -OCH3 is 1. The highest BCUT2D eigenvalue weighted by Crippen LogP contribution is 2.32. The molecule has 0 aliphatic carbocycles. The van der Waals surface area contributed by atoms with Gasteiger partial charge < -0.3 is 24.6 Å². The smallest absolute Gasteiger partial charge is 0.252 e.